The van der Waals surface area contributed by atoms with Gasteiger partial charge in [0.05, 0.1) is 36.6 Å². The van der Waals surface area contributed by atoms with Crippen molar-refractivity contribution in [2.24, 2.45) is 7.05 Å². The average Bonchev–Trinajstić information content (AvgIpc) is 3.30. The second-order valence-corrected chi connectivity index (χ2v) is 11.4. The summed E-state index contributed by atoms with van der Waals surface area (Å²) in [5.74, 6) is 0.923. The van der Waals surface area contributed by atoms with E-state index in [0.717, 1.165) is 64.2 Å². The summed E-state index contributed by atoms with van der Waals surface area (Å²) in [6.45, 7) is 8.75. The molecule has 0 saturated carbocycles. The number of furan rings is 1. The third-order valence-corrected chi connectivity index (χ3v) is 8.70. The maximum absolute atomic E-state index is 6.53. The van der Waals surface area contributed by atoms with Gasteiger partial charge in [-0.25, -0.2) is 0 Å². The van der Waals surface area contributed by atoms with E-state index in [0.29, 0.717) is 0 Å². The number of ether oxygens (including phenoxy) is 1. The fourth-order valence-corrected chi connectivity index (χ4v) is 6.46. The van der Waals surface area contributed by atoms with E-state index in [1.807, 2.05) is 0 Å². The molecule has 2 saturated heterocycles. The molecule has 2 aromatic carbocycles. The van der Waals surface area contributed by atoms with Crippen LogP contribution in [-0.4, -0.2) is 68.9 Å². The Kier molecular flexibility index (Phi) is 6.96. The highest BCUT2D eigenvalue weighted by Gasteiger charge is 2.26. The quantitative estimate of drug-likeness (QED) is 0.256. The Bertz CT molecular complexity index is 1380. The first kappa shape index (κ1) is 24.5. The van der Waals surface area contributed by atoms with Crippen LogP contribution < -0.4 is 14.6 Å². The molecule has 2 fully saturated rings. The fraction of sp³-hybridized carbons (Fsp3) is 0.516. The molecule has 6 nitrogen and oxygen atoms in total. The summed E-state index contributed by atoms with van der Waals surface area (Å²) >= 11 is 0. The van der Waals surface area contributed by atoms with Crippen LogP contribution in [0.1, 0.15) is 38.5 Å². The number of likely N-dealkylation sites (tertiary alicyclic amines) is 2. The summed E-state index contributed by atoms with van der Waals surface area (Å²) in [6.07, 6.45) is 8.05. The van der Waals surface area contributed by atoms with Crippen molar-refractivity contribution in [3.63, 3.8) is 0 Å². The van der Waals surface area contributed by atoms with E-state index >= 15 is 0 Å². The van der Waals surface area contributed by atoms with Crippen LogP contribution in [0.15, 0.2) is 46.9 Å². The van der Waals surface area contributed by atoms with E-state index in [1.165, 1.54) is 75.6 Å². The molecule has 0 radical (unpaired) electrons. The smallest absolute Gasteiger partial charge is 0.261 e. The molecule has 0 unspecified atom stereocenters. The van der Waals surface area contributed by atoms with E-state index in [-0.39, 0.29) is 0 Å². The number of anilines is 1. The van der Waals surface area contributed by atoms with Crippen molar-refractivity contribution < 1.29 is 18.2 Å². The summed E-state index contributed by atoms with van der Waals surface area (Å²) in [5, 5.41) is 6.08. The van der Waals surface area contributed by atoms with Crippen molar-refractivity contribution in [2.75, 3.05) is 64.8 Å². The van der Waals surface area contributed by atoms with Gasteiger partial charge < -0.3 is 23.9 Å². The van der Waals surface area contributed by atoms with Gasteiger partial charge in [-0.05, 0) is 69.5 Å². The average molecular weight is 503 g/mol. The summed E-state index contributed by atoms with van der Waals surface area (Å²) < 4.78 is 16.2. The highest BCUT2D eigenvalue weighted by Crippen LogP contribution is 2.37. The van der Waals surface area contributed by atoms with Crippen LogP contribution in [0.3, 0.4) is 0 Å². The zero-order chi connectivity index (χ0) is 25.2. The van der Waals surface area contributed by atoms with E-state index in [4.69, 9.17) is 9.15 Å². The van der Waals surface area contributed by atoms with Gasteiger partial charge in [0.1, 0.15) is 31.5 Å². The molecule has 6 rings (SSSR count). The van der Waals surface area contributed by atoms with Gasteiger partial charge in [0.2, 0.25) is 11.1 Å². The number of hydrogen-bond acceptors (Lipinski definition) is 4. The third-order valence-electron chi connectivity index (χ3n) is 8.70. The Balaban J connectivity index is 1.30. The fourth-order valence-electron chi connectivity index (χ4n) is 6.46. The SMILES string of the molecule is C[n+]1c2ccccc2c(NCCN2CCCCC2)c2oc3ccc(OCC[N+]4(C)CCCCC4)cc3c21. The van der Waals surface area contributed by atoms with Crippen LogP contribution in [0.4, 0.5) is 5.69 Å². The van der Waals surface area contributed by atoms with Gasteiger partial charge in [-0.2, -0.15) is 4.57 Å². The third kappa shape index (κ3) is 5.01. The maximum Gasteiger partial charge on any atom is 0.261 e. The van der Waals surface area contributed by atoms with Gasteiger partial charge in [0, 0.05) is 19.2 Å². The Morgan fingerprint density at radius 3 is 2.59 bits per heavy atom. The molecule has 196 valence electrons. The first-order valence-electron chi connectivity index (χ1n) is 14.3. The van der Waals surface area contributed by atoms with Gasteiger partial charge >= 0.3 is 0 Å². The topological polar surface area (TPSA) is 41.5 Å². The van der Waals surface area contributed by atoms with Crippen LogP contribution >= 0.6 is 0 Å². The summed E-state index contributed by atoms with van der Waals surface area (Å²) in [5.41, 5.74) is 5.25. The van der Waals surface area contributed by atoms with Crippen molar-refractivity contribution in [3.8, 4) is 5.75 Å². The predicted molar refractivity (Wildman–Crippen MR) is 151 cm³/mol. The number of fused-ring (bicyclic) bond motifs is 4. The molecule has 0 aliphatic carbocycles. The van der Waals surface area contributed by atoms with E-state index in [9.17, 15) is 0 Å². The molecule has 2 aromatic heterocycles. The molecule has 37 heavy (non-hydrogen) atoms. The number of nitrogens with one attached hydrogen (secondary N) is 1. The van der Waals surface area contributed by atoms with E-state index in [2.05, 4.69) is 71.3 Å². The van der Waals surface area contributed by atoms with Crippen LogP contribution in [0.5, 0.6) is 5.75 Å². The number of aromatic nitrogens is 1. The van der Waals surface area contributed by atoms with Crippen LogP contribution in [0.2, 0.25) is 0 Å². The largest absolute Gasteiger partial charge is 0.488 e. The molecule has 0 amide bonds. The van der Waals surface area contributed by atoms with Crippen LogP contribution in [0.25, 0.3) is 33.0 Å². The molecular formula is C31H42N4O2+2. The Hall–Kier alpha value is -2.83. The number of quaternary nitrogens is 1. The van der Waals surface area contributed by atoms with E-state index < -0.39 is 0 Å². The highest BCUT2D eigenvalue weighted by atomic mass is 16.5. The lowest BCUT2D eigenvalue weighted by atomic mass is 10.1. The minimum Gasteiger partial charge on any atom is -0.488 e. The number of para-hydroxylation sites is 1. The molecule has 0 atom stereocenters. The number of rotatable bonds is 8. The first-order valence-corrected chi connectivity index (χ1v) is 14.3. The van der Waals surface area contributed by atoms with Gasteiger partial charge in [0.15, 0.2) is 0 Å². The lowest BCUT2D eigenvalue weighted by molar-refractivity contribution is -0.914. The standard InChI is InChI=1S/C31H41N4O2/c1-33-27-12-6-5-11-25(27)29(32-15-18-34-16-7-3-8-17-34)31-30(33)26-23-24(13-14-28(26)37-31)36-22-21-35(2)19-9-4-10-20-35/h5-6,11-14,23H,3-4,7-10,15-22H2,1-2H3/q+1/p+1. The minimum absolute atomic E-state index is 0.746. The number of piperidine rings is 2. The second kappa shape index (κ2) is 10.5. The van der Waals surface area contributed by atoms with Crippen molar-refractivity contribution in [1.82, 2.24) is 4.90 Å². The zero-order valence-electron chi connectivity index (χ0n) is 22.6. The molecule has 0 bridgehead atoms. The summed E-state index contributed by atoms with van der Waals surface area (Å²) in [4.78, 5) is 2.58. The molecule has 1 N–H and O–H groups in total. The normalized spacial score (nSPS) is 18.5. The Morgan fingerprint density at radius 2 is 1.76 bits per heavy atom. The van der Waals surface area contributed by atoms with Crippen molar-refractivity contribution in [1.29, 1.82) is 0 Å². The first-order chi connectivity index (χ1) is 18.1. The molecule has 2 aliphatic heterocycles. The lowest BCUT2D eigenvalue weighted by Gasteiger charge is -2.37. The Morgan fingerprint density at radius 1 is 0.973 bits per heavy atom. The van der Waals surface area contributed by atoms with Gasteiger partial charge in [-0.3, -0.25) is 0 Å². The highest BCUT2D eigenvalue weighted by molar-refractivity contribution is 6.11. The molecular weight excluding hydrogens is 460 g/mol. The van der Waals surface area contributed by atoms with Gasteiger partial charge in [-0.1, -0.05) is 18.6 Å². The van der Waals surface area contributed by atoms with Crippen LogP contribution in [0, 0.1) is 0 Å². The van der Waals surface area contributed by atoms with Crippen molar-refractivity contribution >= 4 is 38.7 Å². The number of nitrogens with zero attached hydrogens (tertiary/aromatic N) is 3. The summed E-state index contributed by atoms with van der Waals surface area (Å²) in [7, 11) is 4.52. The number of hydrogen-bond donors (Lipinski definition) is 1. The van der Waals surface area contributed by atoms with Gasteiger partial charge in [0.25, 0.3) is 5.52 Å². The molecule has 6 heteroatoms. The van der Waals surface area contributed by atoms with Crippen molar-refractivity contribution in [3.05, 3.63) is 42.5 Å². The molecule has 2 aliphatic rings. The number of benzene rings is 2. The second-order valence-electron chi connectivity index (χ2n) is 11.4. The minimum atomic E-state index is 0.746. The maximum atomic E-state index is 6.53. The molecule has 4 aromatic rings. The number of pyridine rings is 1. The molecule has 0 spiro atoms. The van der Waals surface area contributed by atoms with E-state index in [1.54, 1.807) is 0 Å². The number of aryl methyl sites for hydroxylation is 1. The predicted octanol–water partition coefficient (Wildman–Crippen LogP) is 5.47. The zero-order valence-corrected chi connectivity index (χ0v) is 22.6. The Labute approximate surface area is 220 Å². The monoisotopic (exact) mass is 502 g/mol. The van der Waals surface area contributed by atoms with Crippen molar-refractivity contribution in [2.45, 2.75) is 38.5 Å². The number of likely N-dealkylation sites (N-methyl/N-ethyl adjacent to an activating group) is 1. The van der Waals surface area contributed by atoms with Gasteiger partial charge in [-0.15, -0.1) is 0 Å². The lowest BCUT2D eigenvalue weighted by Crippen LogP contribution is -2.50. The van der Waals surface area contributed by atoms with Crippen LogP contribution in [-0.2, 0) is 7.05 Å². The summed E-state index contributed by atoms with van der Waals surface area (Å²) in [6, 6.07) is 14.9. The molecule has 4 heterocycles.